The Balaban J connectivity index is 1.90. The van der Waals surface area contributed by atoms with Gasteiger partial charge >= 0.3 is 0 Å². The fourth-order valence-corrected chi connectivity index (χ4v) is 3.25. The first-order chi connectivity index (χ1) is 9.04. The molecule has 0 aliphatic heterocycles. The normalized spacial score (nSPS) is 10.5. The number of carbonyl (C=O) groups excluding carboxylic acids is 1. The number of aromatic nitrogens is 1. The Kier molecular flexibility index (Phi) is 4.52. The van der Waals surface area contributed by atoms with Crippen LogP contribution in [-0.2, 0) is 17.6 Å². The first-order valence-electron chi connectivity index (χ1n) is 5.83. The van der Waals surface area contributed by atoms with Crippen LogP contribution in [0.25, 0.3) is 0 Å². The van der Waals surface area contributed by atoms with E-state index in [0.717, 1.165) is 23.5 Å². The molecule has 5 nitrogen and oxygen atoms in total. The lowest BCUT2D eigenvalue weighted by Gasteiger charge is -2.06. The second-order valence-electron chi connectivity index (χ2n) is 4.18. The summed E-state index contributed by atoms with van der Waals surface area (Å²) in [6.07, 6.45) is 1.80. The van der Waals surface area contributed by atoms with Gasteiger partial charge in [-0.3, -0.25) is 4.79 Å². The van der Waals surface area contributed by atoms with Crippen LogP contribution in [0.3, 0.4) is 0 Å². The number of amides is 1. The summed E-state index contributed by atoms with van der Waals surface area (Å²) in [5, 5.41) is 8.00. The van der Waals surface area contributed by atoms with E-state index in [9.17, 15) is 4.79 Å². The number of thiazole rings is 1. The number of hydrogen-bond acceptors (Lipinski definition) is 6. The van der Waals surface area contributed by atoms with Crippen molar-refractivity contribution in [3.8, 4) is 0 Å². The Hall–Kier alpha value is -1.44. The van der Waals surface area contributed by atoms with Crippen molar-refractivity contribution < 1.29 is 4.79 Å². The molecule has 102 valence electrons. The minimum absolute atomic E-state index is 0.0882. The SMILES string of the molecule is CC(=O)Nc1nc(CCc2ccc(N(C)N)s2)cs1. The molecule has 7 heteroatoms. The van der Waals surface area contributed by atoms with Crippen molar-refractivity contribution in [1.82, 2.24) is 4.98 Å². The highest BCUT2D eigenvalue weighted by molar-refractivity contribution is 7.16. The summed E-state index contributed by atoms with van der Waals surface area (Å²) in [6.45, 7) is 1.48. The van der Waals surface area contributed by atoms with Crippen LogP contribution in [0.2, 0.25) is 0 Å². The molecule has 19 heavy (non-hydrogen) atoms. The molecule has 3 N–H and O–H groups in total. The first-order valence-corrected chi connectivity index (χ1v) is 7.53. The van der Waals surface area contributed by atoms with Gasteiger partial charge in [-0.25, -0.2) is 10.8 Å². The summed E-state index contributed by atoms with van der Waals surface area (Å²) in [4.78, 5) is 16.6. The van der Waals surface area contributed by atoms with E-state index in [2.05, 4.69) is 16.4 Å². The summed E-state index contributed by atoms with van der Waals surface area (Å²) in [5.74, 6) is 5.59. The molecule has 0 fully saturated rings. The van der Waals surface area contributed by atoms with Crippen molar-refractivity contribution in [3.63, 3.8) is 0 Å². The highest BCUT2D eigenvalue weighted by atomic mass is 32.1. The van der Waals surface area contributed by atoms with Gasteiger partial charge in [0.1, 0.15) is 5.00 Å². The Bertz CT molecular complexity index is 562. The smallest absolute Gasteiger partial charge is 0.223 e. The van der Waals surface area contributed by atoms with Crippen LogP contribution in [-0.4, -0.2) is 17.9 Å². The highest BCUT2D eigenvalue weighted by Crippen LogP contribution is 2.25. The Labute approximate surface area is 120 Å². The number of nitrogens with two attached hydrogens (primary N) is 1. The average molecular weight is 296 g/mol. The molecule has 2 aromatic rings. The maximum atomic E-state index is 10.9. The zero-order chi connectivity index (χ0) is 13.8. The summed E-state index contributed by atoms with van der Waals surface area (Å²) in [5.41, 5.74) is 1.00. The van der Waals surface area contributed by atoms with E-state index in [1.54, 1.807) is 16.3 Å². The molecule has 0 aliphatic rings. The third-order valence-corrected chi connectivity index (χ3v) is 4.50. The molecule has 2 rings (SSSR count). The largest absolute Gasteiger partial charge is 0.305 e. The van der Waals surface area contributed by atoms with Gasteiger partial charge in [0.15, 0.2) is 5.13 Å². The highest BCUT2D eigenvalue weighted by Gasteiger charge is 2.06. The van der Waals surface area contributed by atoms with E-state index < -0.39 is 0 Å². The third-order valence-electron chi connectivity index (χ3n) is 2.46. The fraction of sp³-hybridized carbons (Fsp3) is 0.333. The van der Waals surface area contributed by atoms with E-state index in [0.29, 0.717) is 5.13 Å². The molecule has 2 heterocycles. The number of rotatable bonds is 5. The van der Waals surface area contributed by atoms with Crippen LogP contribution in [0, 0.1) is 0 Å². The van der Waals surface area contributed by atoms with Gasteiger partial charge in [-0.15, -0.1) is 22.7 Å². The predicted molar refractivity (Wildman–Crippen MR) is 80.7 cm³/mol. The molecule has 0 aromatic carbocycles. The number of carbonyl (C=O) groups is 1. The van der Waals surface area contributed by atoms with Crippen molar-refractivity contribution in [2.45, 2.75) is 19.8 Å². The summed E-state index contributed by atoms with van der Waals surface area (Å²) in [7, 11) is 1.83. The van der Waals surface area contributed by atoms with Crippen LogP contribution in [0.15, 0.2) is 17.5 Å². The monoisotopic (exact) mass is 296 g/mol. The third kappa shape index (κ3) is 4.02. The van der Waals surface area contributed by atoms with Gasteiger partial charge in [0, 0.05) is 24.2 Å². The zero-order valence-corrected chi connectivity index (χ0v) is 12.5. The molecule has 0 atom stereocenters. The van der Waals surface area contributed by atoms with Gasteiger partial charge in [-0.05, 0) is 25.0 Å². The minimum atomic E-state index is -0.0882. The van der Waals surface area contributed by atoms with Crippen LogP contribution in [0.5, 0.6) is 0 Å². The second kappa shape index (κ2) is 6.14. The van der Waals surface area contributed by atoms with Gasteiger partial charge < -0.3 is 10.3 Å². The second-order valence-corrected chi connectivity index (χ2v) is 6.18. The van der Waals surface area contributed by atoms with Crippen LogP contribution in [0.4, 0.5) is 10.1 Å². The lowest BCUT2D eigenvalue weighted by Crippen LogP contribution is -2.23. The van der Waals surface area contributed by atoms with E-state index in [1.165, 1.54) is 23.1 Å². The molecule has 0 unspecified atom stereocenters. The molecule has 0 radical (unpaired) electrons. The molecule has 0 spiro atoms. The lowest BCUT2D eigenvalue weighted by molar-refractivity contribution is -0.114. The predicted octanol–water partition coefficient (Wildman–Crippen LogP) is 2.26. The molecule has 2 aromatic heterocycles. The van der Waals surface area contributed by atoms with Gasteiger partial charge in [-0.1, -0.05) is 0 Å². The Morgan fingerprint density at radius 2 is 2.26 bits per heavy atom. The summed E-state index contributed by atoms with van der Waals surface area (Å²) >= 11 is 3.14. The maximum Gasteiger partial charge on any atom is 0.223 e. The quantitative estimate of drug-likeness (QED) is 0.656. The van der Waals surface area contributed by atoms with Crippen molar-refractivity contribution >= 4 is 38.7 Å². The van der Waals surface area contributed by atoms with Crippen LogP contribution in [0.1, 0.15) is 17.5 Å². The standard InChI is InChI=1S/C12H16N4OS2/c1-8(17)14-12-15-9(7-18-12)3-4-10-5-6-11(19-10)16(2)13/h5-7H,3-4,13H2,1-2H3,(H,14,15,17). The molecular formula is C12H16N4OS2. The van der Waals surface area contributed by atoms with Crippen LogP contribution < -0.4 is 16.2 Å². The van der Waals surface area contributed by atoms with Crippen molar-refractivity contribution in [2.75, 3.05) is 17.4 Å². The number of aryl methyl sites for hydroxylation is 2. The van der Waals surface area contributed by atoms with E-state index >= 15 is 0 Å². The molecule has 0 aliphatic carbocycles. The Morgan fingerprint density at radius 3 is 2.89 bits per heavy atom. The van der Waals surface area contributed by atoms with Crippen molar-refractivity contribution in [2.24, 2.45) is 5.84 Å². The van der Waals surface area contributed by atoms with Crippen LogP contribution >= 0.6 is 22.7 Å². The maximum absolute atomic E-state index is 10.9. The van der Waals surface area contributed by atoms with Gasteiger partial charge in [0.25, 0.3) is 0 Å². The molecule has 0 saturated heterocycles. The minimum Gasteiger partial charge on any atom is -0.305 e. The van der Waals surface area contributed by atoms with Crippen molar-refractivity contribution in [1.29, 1.82) is 0 Å². The fourth-order valence-electron chi connectivity index (χ4n) is 1.57. The first kappa shape index (κ1) is 14.0. The summed E-state index contributed by atoms with van der Waals surface area (Å²) in [6, 6.07) is 4.11. The van der Waals surface area contributed by atoms with E-state index in [-0.39, 0.29) is 5.91 Å². The number of nitrogens with one attached hydrogen (secondary N) is 1. The number of hydrogen-bond donors (Lipinski definition) is 2. The van der Waals surface area contributed by atoms with Gasteiger partial charge in [-0.2, -0.15) is 0 Å². The molecular weight excluding hydrogens is 280 g/mol. The number of anilines is 2. The summed E-state index contributed by atoms with van der Waals surface area (Å²) < 4.78 is 0. The van der Waals surface area contributed by atoms with E-state index in [1.807, 2.05) is 18.5 Å². The number of nitrogens with zero attached hydrogens (tertiary/aromatic N) is 2. The lowest BCUT2D eigenvalue weighted by atomic mass is 10.2. The molecule has 1 amide bonds. The Morgan fingerprint density at radius 1 is 1.47 bits per heavy atom. The average Bonchev–Trinajstić information content (AvgIpc) is 2.94. The number of hydrazine groups is 1. The zero-order valence-electron chi connectivity index (χ0n) is 10.8. The number of thiophene rings is 1. The van der Waals surface area contributed by atoms with Gasteiger partial charge in [0.2, 0.25) is 5.91 Å². The topological polar surface area (TPSA) is 71.2 Å². The van der Waals surface area contributed by atoms with Gasteiger partial charge in [0.05, 0.1) is 5.69 Å². The van der Waals surface area contributed by atoms with Crippen molar-refractivity contribution in [3.05, 3.63) is 28.1 Å². The molecule has 0 bridgehead atoms. The molecule has 0 saturated carbocycles. The van der Waals surface area contributed by atoms with E-state index in [4.69, 9.17) is 5.84 Å².